The molecule has 1 aliphatic heterocycles. The van der Waals surface area contributed by atoms with Crippen LogP contribution in [-0.2, 0) is 41.5 Å². The molecular formula is C37H34O16. The summed E-state index contributed by atoms with van der Waals surface area (Å²) in [5, 5.41) is 85.2. The summed E-state index contributed by atoms with van der Waals surface area (Å²) in [6.07, 6.45) is -1.27. The van der Waals surface area contributed by atoms with Gasteiger partial charge in [0, 0.05) is 30.4 Å². The van der Waals surface area contributed by atoms with Crippen molar-refractivity contribution in [2.24, 2.45) is 0 Å². The molecule has 0 unspecified atom stereocenters. The molecule has 53 heavy (non-hydrogen) atoms. The van der Waals surface area contributed by atoms with Crippen LogP contribution in [0, 0.1) is 0 Å². The van der Waals surface area contributed by atoms with Gasteiger partial charge >= 0.3 is 17.9 Å². The summed E-state index contributed by atoms with van der Waals surface area (Å²) < 4.78 is 15.4. The van der Waals surface area contributed by atoms with Gasteiger partial charge in [-0.15, -0.1) is 0 Å². The number of aromatic hydroxyl groups is 7. The lowest BCUT2D eigenvalue weighted by molar-refractivity contribution is -0.160. The number of carboxylic acids is 2. The standard InChI is InChI=1S/C27H24O10.C10H10O6/c1-13-24-15(3-8-19(30)26(24)37-25(13)16-4-7-18(29)21(32)12-16)5-9-23(33)36-22(27(34)35)11-14-2-6-17(28)20(31)10-14;11-5-16-9(10(14)15)4-6-1-2-7(12)8(13)3-6/h2-10,12-13,22,25,28-32H,11H2,1H3,(H,34,35);1-3,5,9,12-13H,4H2,(H,14,15)/b9-5+;/t13-,22+,25-;9-/m01/s1. The molecule has 4 aromatic rings. The van der Waals surface area contributed by atoms with Crippen LogP contribution in [0.25, 0.3) is 6.08 Å². The maximum absolute atomic E-state index is 12.5. The molecule has 1 aliphatic rings. The van der Waals surface area contributed by atoms with Gasteiger partial charge in [0.15, 0.2) is 46.0 Å². The van der Waals surface area contributed by atoms with Gasteiger partial charge in [0.05, 0.1) is 0 Å². The molecule has 0 radical (unpaired) electrons. The quantitative estimate of drug-likeness (QED) is 0.0431. The second-order valence-electron chi connectivity index (χ2n) is 11.7. The zero-order chi connectivity index (χ0) is 39.0. The van der Waals surface area contributed by atoms with Crippen LogP contribution in [0.3, 0.4) is 0 Å². The largest absolute Gasteiger partial charge is 0.504 e. The summed E-state index contributed by atoms with van der Waals surface area (Å²) in [7, 11) is 0. The minimum atomic E-state index is -1.54. The van der Waals surface area contributed by atoms with Gasteiger partial charge in [0.25, 0.3) is 6.47 Å². The fourth-order valence-electron chi connectivity index (χ4n) is 5.39. The van der Waals surface area contributed by atoms with E-state index >= 15 is 0 Å². The average Bonchev–Trinajstić information content (AvgIpc) is 3.46. The van der Waals surface area contributed by atoms with Crippen molar-refractivity contribution < 1.29 is 79.3 Å². The third-order valence-electron chi connectivity index (χ3n) is 8.04. The van der Waals surface area contributed by atoms with Crippen molar-refractivity contribution in [3.05, 3.63) is 101 Å². The lowest BCUT2D eigenvalue weighted by atomic mass is 9.89. The predicted molar refractivity (Wildman–Crippen MR) is 182 cm³/mol. The number of hydrogen-bond donors (Lipinski definition) is 9. The Hall–Kier alpha value is -7.10. The van der Waals surface area contributed by atoms with Crippen LogP contribution in [0.1, 0.15) is 46.8 Å². The zero-order valence-corrected chi connectivity index (χ0v) is 27.7. The van der Waals surface area contributed by atoms with Crippen molar-refractivity contribution in [1.29, 1.82) is 0 Å². The zero-order valence-electron chi connectivity index (χ0n) is 27.7. The number of benzene rings is 4. The SMILES string of the molecule is C[C@H]1c2c(/C=C/C(=O)O[C@H](Cc3ccc(O)c(O)c3)C(=O)O)ccc(O)c2O[C@@H]1c1ccc(O)c(O)c1.O=CO[C@H](Cc1ccc(O)c(O)c1)C(=O)O. The van der Waals surface area contributed by atoms with E-state index in [0.29, 0.717) is 27.8 Å². The maximum Gasteiger partial charge on any atom is 0.345 e. The highest BCUT2D eigenvalue weighted by Crippen LogP contribution is 2.52. The van der Waals surface area contributed by atoms with Gasteiger partial charge < -0.3 is 60.2 Å². The van der Waals surface area contributed by atoms with Gasteiger partial charge in [-0.05, 0) is 70.8 Å². The molecule has 9 N–H and O–H groups in total. The third kappa shape index (κ3) is 9.57. The van der Waals surface area contributed by atoms with Gasteiger partial charge in [0.1, 0.15) is 6.10 Å². The number of carbonyl (C=O) groups is 4. The number of rotatable bonds is 12. The lowest BCUT2D eigenvalue weighted by Crippen LogP contribution is -2.28. The number of carbonyl (C=O) groups excluding carboxylic acids is 2. The van der Waals surface area contributed by atoms with Gasteiger partial charge in [0.2, 0.25) is 12.2 Å². The monoisotopic (exact) mass is 734 g/mol. The first-order valence-electron chi connectivity index (χ1n) is 15.6. The Bertz CT molecular complexity index is 2040. The van der Waals surface area contributed by atoms with E-state index in [1.54, 1.807) is 12.1 Å². The number of hydrogen-bond acceptors (Lipinski definition) is 14. The van der Waals surface area contributed by atoms with Crippen LogP contribution in [0.15, 0.2) is 72.8 Å². The highest BCUT2D eigenvalue weighted by molar-refractivity contribution is 5.90. The Labute approximate surface area is 300 Å². The van der Waals surface area contributed by atoms with Crippen LogP contribution in [0.2, 0.25) is 0 Å². The Kier molecular flexibility index (Phi) is 12.2. The molecular weight excluding hydrogens is 700 g/mol. The lowest BCUT2D eigenvalue weighted by Gasteiger charge is -2.16. The normalized spacial score (nSPS) is 15.6. The second kappa shape index (κ2) is 16.7. The first kappa shape index (κ1) is 38.7. The van der Waals surface area contributed by atoms with E-state index in [0.717, 1.165) is 6.08 Å². The predicted octanol–water partition coefficient (Wildman–Crippen LogP) is 3.97. The van der Waals surface area contributed by atoms with Crippen LogP contribution >= 0.6 is 0 Å². The summed E-state index contributed by atoms with van der Waals surface area (Å²) in [6.45, 7) is 1.89. The number of esters is 1. The number of carboxylic acid groups (broad SMARTS) is 2. The summed E-state index contributed by atoms with van der Waals surface area (Å²) in [5.74, 6) is -5.86. The molecule has 5 rings (SSSR count). The van der Waals surface area contributed by atoms with Crippen LogP contribution in [0.5, 0.6) is 46.0 Å². The van der Waals surface area contributed by atoms with Gasteiger partial charge in [-0.2, -0.15) is 0 Å². The summed E-state index contributed by atoms with van der Waals surface area (Å²) >= 11 is 0. The van der Waals surface area contributed by atoms with Crippen molar-refractivity contribution in [2.45, 2.75) is 44.0 Å². The minimum absolute atomic E-state index is 0.0546. The Balaban J connectivity index is 0.000000328. The molecule has 0 bridgehead atoms. The van der Waals surface area contributed by atoms with Crippen molar-refractivity contribution in [3.63, 3.8) is 0 Å². The molecule has 16 nitrogen and oxygen atoms in total. The molecule has 4 aromatic carbocycles. The minimum Gasteiger partial charge on any atom is -0.504 e. The highest BCUT2D eigenvalue weighted by atomic mass is 16.6. The molecule has 278 valence electrons. The van der Waals surface area contributed by atoms with Crippen LogP contribution in [-0.4, -0.2) is 82.5 Å². The van der Waals surface area contributed by atoms with Crippen molar-refractivity contribution >= 4 is 30.5 Å². The number of ether oxygens (including phenoxy) is 3. The summed E-state index contributed by atoms with van der Waals surface area (Å²) in [4.78, 5) is 44.8. The molecule has 0 amide bonds. The third-order valence-corrected chi connectivity index (χ3v) is 8.04. The van der Waals surface area contributed by atoms with Gasteiger partial charge in [-0.25, -0.2) is 14.4 Å². The molecule has 1 heterocycles. The van der Waals surface area contributed by atoms with Crippen LogP contribution < -0.4 is 4.74 Å². The topological polar surface area (TPSA) is 278 Å². The molecule has 0 saturated carbocycles. The second-order valence-corrected chi connectivity index (χ2v) is 11.7. The summed E-state index contributed by atoms with van der Waals surface area (Å²) in [6, 6.07) is 14.9. The van der Waals surface area contributed by atoms with E-state index in [2.05, 4.69) is 4.74 Å². The fourth-order valence-corrected chi connectivity index (χ4v) is 5.39. The molecule has 0 aliphatic carbocycles. The van der Waals surface area contributed by atoms with Crippen molar-refractivity contribution in [1.82, 2.24) is 0 Å². The van der Waals surface area contributed by atoms with E-state index in [1.807, 2.05) is 6.92 Å². The number of fused-ring (bicyclic) bond motifs is 1. The molecule has 0 spiro atoms. The fraction of sp³-hybridized carbons (Fsp3) is 0.189. The molecule has 4 atom stereocenters. The van der Waals surface area contributed by atoms with Gasteiger partial charge in [-0.3, -0.25) is 4.79 Å². The first-order valence-corrected chi connectivity index (χ1v) is 15.6. The summed E-state index contributed by atoms with van der Waals surface area (Å²) in [5.41, 5.74) is 2.46. The Morgan fingerprint density at radius 1 is 0.698 bits per heavy atom. The average molecular weight is 735 g/mol. The van der Waals surface area contributed by atoms with E-state index in [-0.39, 0.29) is 65.5 Å². The van der Waals surface area contributed by atoms with Crippen molar-refractivity contribution in [2.75, 3.05) is 0 Å². The van der Waals surface area contributed by atoms with Gasteiger partial charge in [-0.1, -0.05) is 31.2 Å². The van der Waals surface area contributed by atoms with E-state index < -0.39 is 42.0 Å². The number of phenols is 7. The maximum atomic E-state index is 12.5. The molecule has 0 saturated heterocycles. The molecule has 0 aromatic heterocycles. The smallest absolute Gasteiger partial charge is 0.345 e. The number of phenolic OH excluding ortho intramolecular Hbond substituents is 7. The molecule has 0 fully saturated rings. The Morgan fingerprint density at radius 2 is 1.21 bits per heavy atom. The molecule has 16 heteroatoms. The highest BCUT2D eigenvalue weighted by Gasteiger charge is 2.36. The van der Waals surface area contributed by atoms with E-state index in [1.165, 1.54) is 60.7 Å². The Morgan fingerprint density at radius 3 is 1.72 bits per heavy atom. The van der Waals surface area contributed by atoms with E-state index in [9.17, 15) is 54.9 Å². The van der Waals surface area contributed by atoms with Crippen molar-refractivity contribution in [3.8, 4) is 46.0 Å². The van der Waals surface area contributed by atoms with E-state index in [4.69, 9.17) is 19.7 Å². The number of aliphatic carboxylic acids is 2. The van der Waals surface area contributed by atoms with Crippen LogP contribution in [0.4, 0.5) is 0 Å². The first-order chi connectivity index (χ1) is 25.1.